The van der Waals surface area contributed by atoms with Crippen LogP contribution in [0.15, 0.2) is 24.3 Å². The smallest absolute Gasteiger partial charge is 0.387 e. The van der Waals surface area contributed by atoms with Crippen LogP contribution in [0.1, 0.15) is 12.8 Å². The molecule has 1 aromatic rings. The molecule has 0 aromatic heterocycles. The minimum atomic E-state index is -2.85. The summed E-state index contributed by atoms with van der Waals surface area (Å²) in [4.78, 5) is 13.4. The third-order valence-corrected chi connectivity index (χ3v) is 2.85. The second kappa shape index (κ2) is 5.30. The van der Waals surface area contributed by atoms with Gasteiger partial charge in [-0.25, -0.2) is 0 Å². The topological polar surface area (TPSA) is 55.6 Å². The minimum Gasteiger partial charge on any atom is -0.435 e. The molecule has 0 bridgehead atoms. The summed E-state index contributed by atoms with van der Waals surface area (Å²) in [5.41, 5.74) is 6.34. The molecule has 1 atom stereocenters. The highest BCUT2D eigenvalue weighted by atomic mass is 19.3. The fourth-order valence-corrected chi connectivity index (χ4v) is 1.97. The van der Waals surface area contributed by atoms with E-state index < -0.39 is 12.7 Å². The molecule has 98 valence electrons. The SMILES string of the molecule is N[C@H]1CCCN(c2ccc(OC(F)F)cc2)C1=O. The lowest BCUT2D eigenvalue weighted by Gasteiger charge is -2.30. The summed E-state index contributed by atoms with van der Waals surface area (Å²) in [6.45, 7) is -2.25. The molecule has 1 saturated heterocycles. The van der Waals surface area contributed by atoms with Gasteiger partial charge in [-0.3, -0.25) is 4.79 Å². The number of piperidine rings is 1. The first-order valence-corrected chi connectivity index (χ1v) is 5.70. The molecule has 18 heavy (non-hydrogen) atoms. The van der Waals surface area contributed by atoms with E-state index in [1.165, 1.54) is 12.1 Å². The second-order valence-corrected chi connectivity index (χ2v) is 4.11. The molecule has 0 radical (unpaired) electrons. The van der Waals surface area contributed by atoms with Crippen LogP contribution in [0.25, 0.3) is 0 Å². The highest BCUT2D eigenvalue weighted by Gasteiger charge is 2.26. The Morgan fingerprint density at radius 1 is 1.33 bits per heavy atom. The van der Waals surface area contributed by atoms with Gasteiger partial charge in [-0.15, -0.1) is 0 Å². The molecule has 0 aliphatic carbocycles. The zero-order valence-electron chi connectivity index (χ0n) is 9.68. The van der Waals surface area contributed by atoms with Gasteiger partial charge in [-0.1, -0.05) is 0 Å². The van der Waals surface area contributed by atoms with Gasteiger partial charge in [0.1, 0.15) is 5.75 Å². The molecule has 4 nitrogen and oxygen atoms in total. The van der Waals surface area contributed by atoms with Crippen LogP contribution in [0.2, 0.25) is 0 Å². The number of hydrogen-bond donors (Lipinski definition) is 1. The standard InChI is InChI=1S/C12H14F2N2O2/c13-12(14)18-9-5-3-8(4-6-9)16-7-1-2-10(15)11(16)17/h3-6,10,12H,1-2,7,15H2/t10-/m0/s1. The number of nitrogens with two attached hydrogens (primary N) is 1. The lowest BCUT2D eigenvalue weighted by atomic mass is 10.0. The van der Waals surface area contributed by atoms with Gasteiger partial charge in [0.05, 0.1) is 6.04 Å². The zero-order chi connectivity index (χ0) is 13.1. The number of carbonyl (C=O) groups excluding carboxylic acids is 1. The molecule has 6 heteroatoms. The third kappa shape index (κ3) is 2.76. The van der Waals surface area contributed by atoms with Crippen LogP contribution in [0.3, 0.4) is 0 Å². The molecule has 1 aromatic carbocycles. The monoisotopic (exact) mass is 256 g/mol. The van der Waals surface area contributed by atoms with Crippen LogP contribution in [-0.4, -0.2) is 25.1 Å². The van der Waals surface area contributed by atoms with E-state index in [1.807, 2.05) is 0 Å². The molecular formula is C12H14F2N2O2. The van der Waals surface area contributed by atoms with Crippen molar-refractivity contribution in [2.24, 2.45) is 5.73 Å². The lowest BCUT2D eigenvalue weighted by molar-refractivity contribution is -0.120. The number of nitrogens with zero attached hydrogens (tertiary/aromatic N) is 1. The van der Waals surface area contributed by atoms with Crippen molar-refractivity contribution in [3.8, 4) is 5.75 Å². The van der Waals surface area contributed by atoms with Crippen molar-refractivity contribution >= 4 is 11.6 Å². The molecule has 0 unspecified atom stereocenters. The van der Waals surface area contributed by atoms with Crippen molar-refractivity contribution in [3.05, 3.63) is 24.3 Å². The Hall–Kier alpha value is -1.69. The van der Waals surface area contributed by atoms with Crippen LogP contribution >= 0.6 is 0 Å². The van der Waals surface area contributed by atoms with E-state index in [4.69, 9.17) is 5.73 Å². The van der Waals surface area contributed by atoms with Crippen molar-refractivity contribution in [3.63, 3.8) is 0 Å². The van der Waals surface area contributed by atoms with Gasteiger partial charge in [0.15, 0.2) is 0 Å². The van der Waals surface area contributed by atoms with Crippen LogP contribution in [0.4, 0.5) is 14.5 Å². The summed E-state index contributed by atoms with van der Waals surface area (Å²) in [5, 5.41) is 0. The second-order valence-electron chi connectivity index (χ2n) is 4.11. The first-order chi connectivity index (χ1) is 8.58. The summed E-state index contributed by atoms with van der Waals surface area (Å²) in [7, 11) is 0. The summed E-state index contributed by atoms with van der Waals surface area (Å²) < 4.78 is 28.2. The summed E-state index contributed by atoms with van der Waals surface area (Å²) in [6.07, 6.45) is 1.52. The Morgan fingerprint density at radius 2 is 2.00 bits per heavy atom. The summed E-state index contributed by atoms with van der Waals surface area (Å²) in [6, 6.07) is 5.50. The van der Waals surface area contributed by atoms with E-state index in [0.717, 1.165) is 6.42 Å². The molecule has 0 spiro atoms. The van der Waals surface area contributed by atoms with E-state index in [1.54, 1.807) is 17.0 Å². The summed E-state index contributed by atoms with van der Waals surface area (Å²) >= 11 is 0. The molecule has 2 N–H and O–H groups in total. The Kier molecular flexibility index (Phi) is 3.76. The number of benzene rings is 1. The highest BCUT2D eigenvalue weighted by molar-refractivity contribution is 5.97. The number of alkyl halides is 2. The Bertz CT molecular complexity index is 423. The number of hydrogen-bond acceptors (Lipinski definition) is 3. The molecular weight excluding hydrogens is 242 g/mol. The van der Waals surface area contributed by atoms with E-state index in [2.05, 4.69) is 4.74 Å². The Labute approximate surface area is 103 Å². The Morgan fingerprint density at radius 3 is 2.61 bits per heavy atom. The van der Waals surface area contributed by atoms with Crippen LogP contribution < -0.4 is 15.4 Å². The van der Waals surface area contributed by atoms with Crippen LogP contribution in [-0.2, 0) is 4.79 Å². The number of anilines is 1. The van der Waals surface area contributed by atoms with Crippen molar-refractivity contribution in [2.75, 3.05) is 11.4 Å². The minimum absolute atomic E-state index is 0.0718. The molecule has 1 aliphatic rings. The fraction of sp³-hybridized carbons (Fsp3) is 0.417. The molecule has 2 rings (SSSR count). The average Bonchev–Trinajstić information content (AvgIpc) is 2.33. The quantitative estimate of drug-likeness (QED) is 0.896. The van der Waals surface area contributed by atoms with Crippen molar-refractivity contribution < 1.29 is 18.3 Å². The molecule has 0 saturated carbocycles. The van der Waals surface area contributed by atoms with Crippen molar-refractivity contribution in [1.82, 2.24) is 0 Å². The number of ether oxygens (including phenoxy) is 1. The van der Waals surface area contributed by atoms with Gasteiger partial charge in [0.2, 0.25) is 5.91 Å². The number of halogens is 2. The van der Waals surface area contributed by atoms with Crippen molar-refractivity contribution in [1.29, 1.82) is 0 Å². The average molecular weight is 256 g/mol. The molecule has 1 heterocycles. The van der Waals surface area contributed by atoms with Gasteiger partial charge < -0.3 is 15.4 Å². The number of amides is 1. The van der Waals surface area contributed by atoms with E-state index in [0.29, 0.717) is 18.7 Å². The van der Waals surface area contributed by atoms with E-state index >= 15 is 0 Å². The van der Waals surface area contributed by atoms with Crippen molar-refractivity contribution in [2.45, 2.75) is 25.5 Å². The van der Waals surface area contributed by atoms with Gasteiger partial charge >= 0.3 is 6.61 Å². The van der Waals surface area contributed by atoms with Gasteiger partial charge in [-0.2, -0.15) is 8.78 Å². The van der Waals surface area contributed by atoms with E-state index in [-0.39, 0.29) is 11.7 Å². The molecule has 1 amide bonds. The normalized spacial score (nSPS) is 20.3. The number of rotatable bonds is 3. The number of carbonyl (C=O) groups is 1. The van der Waals surface area contributed by atoms with Gasteiger partial charge in [0.25, 0.3) is 0 Å². The maximum atomic E-state index is 12.0. The maximum Gasteiger partial charge on any atom is 0.387 e. The summed E-state index contributed by atoms with van der Waals surface area (Å²) in [5.74, 6) is -0.0636. The predicted octanol–water partition coefficient (Wildman–Crippen LogP) is 1.74. The van der Waals surface area contributed by atoms with Crippen LogP contribution in [0.5, 0.6) is 5.75 Å². The first kappa shape index (κ1) is 12.8. The Balaban J connectivity index is 2.11. The molecule has 1 fully saturated rings. The first-order valence-electron chi connectivity index (χ1n) is 5.70. The van der Waals surface area contributed by atoms with E-state index in [9.17, 15) is 13.6 Å². The zero-order valence-corrected chi connectivity index (χ0v) is 9.68. The molecule has 1 aliphatic heterocycles. The fourth-order valence-electron chi connectivity index (χ4n) is 1.97. The third-order valence-electron chi connectivity index (χ3n) is 2.85. The predicted molar refractivity (Wildman–Crippen MR) is 62.6 cm³/mol. The van der Waals surface area contributed by atoms with Crippen LogP contribution in [0, 0.1) is 0 Å². The highest BCUT2D eigenvalue weighted by Crippen LogP contribution is 2.24. The maximum absolute atomic E-state index is 12.0. The lowest BCUT2D eigenvalue weighted by Crippen LogP contribution is -2.48. The van der Waals surface area contributed by atoms with Gasteiger partial charge in [-0.05, 0) is 37.1 Å². The van der Waals surface area contributed by atoms with Gasteiger partial charge in [0, 0.05) is 12.2 Å². The largest absolute Gasteiger partial charge is 0.435 e.